The van der Waals surface area contributed by atoms with E-state index in [0.717, 1.165) is 38.5 Å². The molecular weight excluding hydrogens is 520 g/mol. The number of esters is 1. The molecule has 0 aromatic heterocycles. The standard InChI is InChI=1S/C25H39BrN2O5S/c1-4-7-13-27(12-5-2)23(31)21-25-16-17(26)20(34-25)18(24(32)33-6-3)19(25)22(30)28(21)14-10-8-9-11-15-29/h5,17-21,29H,2,4,6-16H2,1,3H3/t17?,18-,19-,20-,21?,25?/m0/s1. The number of nitrogens with zero attached hydrogens (tertiary/aromatic N) is 2. The Bertz CT molecular complexity index is 768. The van der Waals surface area contributed by atoms with Gasteiger partial charge in [-0.25, -0.2) is 0 Å². The summed E-state index contributed by atoms with van der Waals surface area (Å²) >= 11 is 5.42. The minimum absolute atomic E-state index is 0.0306. The molecule has 9 heteroatoms. The summed E-state index contributed by atoms with van der Waals surface area (Å²) in [6.07, 6.45) is 7.56. The second kappa shape index (κ2) is 12.3. The number of hydrogen-bond donors (Lipinski definition) is 1. The van der Waals surface area contributed by atoms with Crippen molar-refractivity contribution in [3.8, 4) is 0 Å². The van der Waals surface area contributed by atoms with Crippen LogP contribution in [0.15, 0.2) is 12.7 Å². The van der Waals surface area contributed by atoms with Gasteiger partial charge in [-0.05, 0) is 32.6 Å². The maximum atomic E-state index is 14.1. The highest BCUT2D eigenvalue weighted by atomic mass is 79.9. The monoisotopic (exact) mass is 558 g/mol. The molecule has 3 heterocycles. The lowest BCUT2D eigenvalue weighted by Gasteiger charge is -2.37. The molecule has 1 spiro atoms. The van der Waals surface area contributed by atoms with Crippen LogP contribution in [0.25, 0.3) is 0 Å². The van der Waals surface area contributed by atoms with Crippen LogP contribution < -0.4 is 0 Å². The lowest BCUT2D eigenvalue weighted by atomic mass is 9.71. The first kappa shape index (κ1) is 27.5. The Morgan fingerprint density at radius 1 is 1.29 bits per heavy atom. The number of thioether (sulfide) groups is 1. The molecule has 7 nitrogen and oxygen atoms in total. The summed E-state index contributed by atoms with van der Waals surface area (Å²) in [5.41, 5.74) is 0. The van der Waals surface area contributed by atoms with Gasteiger partial charge in [0, 0.05) is 36.3 Å². The molecule has 34 heavy (non-hydrogen) atoms. The van der Waals surface area contributed by atoms with Crippen molar-refractivity contribution in [2.24, 2.45) is 11.8 Å². The number of halogens is 1. The van der Waals surface area contributed by atoms with Crippen LogP contribution in [0.1, 0.15) is 58.8 Å². The van der Waals surface area contributed by atoms with Crippen LogP contribution in [-0.2, 0) is 19.1 Å². The van der Waals surface area contributed by atoms with Crippen LogP contribution in [0.2, 0.25) is 0 Å². The Morgan fingerprint density at radius 3 is 2.68 bits per heavy atom. The Hall–Kier alpha value is -1.06. The first-order valence-electron chi connectivity index (χ1n) is 12.7. The third kappa shape index (κ3) is 5.07. The van der Waals surface area contributed by atoms with Crippen molar-refractivity contribution in [3.63, 3.8) is 0 Å². The summed E-state index contributed by atoms with van der Waals surface area (Å²) in [5, 5.41) is 9.00. The first-order chi connectivity index (χ1) is 16.4. The summed E-state index contributed by atoms with van der Waals surface area (Å²) < 4.78 is 4.78. The Labute approximate surface area is 216 Å². The number of likely N-dealkylation sites (tertiary alicyclic amines) is 1. The van der Waals surface area contributed by atoms with Gasteiger partial charge in [-0.2, -0.15) is 0 Å². The molecule has 0 aromatic carbocycles. The molecule has 1 N–H and O–H groups in total. The second-order valence-electron chi connectivity index (χ2n) is 9.51. The van der Waals surface area contributed by atoms with Crippen molar-refractivity contribution >= 4 is 45.5 Å². The summed E-state index contributed by atoms with van der Waals surface area (Å²) in [6.45, 7) is 9.71. The Balaban J connectivity index is 1.95. The number of carbonyl (C=O) groups is 3. The third-order valence-corrected chi connectivity index (χ3v) is 10.6. The summed E-state index contributed by atoms with van der Waals surface area (Å²) in [7, 11) is 0. The van der Waals surface area contributed by atoms with Crippen LogP contribution >= 0.6 is 27.7 Å². The highest BCUT2D eigenvalue weighted by Gasteiger charge is 2.76. The molecule has 0 radical (unpaired) electrons. The van der Waals surface area contributed by atoms with Crippen LogP contribution in [0.3, 0.4) is 0 Å². The van der Waals surface area contributed by atoms with E-state index in [2.05, 4.69) is 29.4 Å². The molecule has 0 aliphatic carbocycles. The van der Waals surface area contributed by atoms with Gasteiger partial charge < -0.3 is 19.6 Å². The SMILES string of the molecule is C=CCN(CCCC)C(=O)C1N(CCCCCCO)C(=O)[C@@H]2[C@H](C(=O)OCC)[C@H]3SC12CC3Br. The lowest BCUT2D eigenvalue weighted by Crippen LogP contribution is -2.55. The van der Waals surface area contributed by atoms with Gasteiger partial charge in [0.25, 0.3) is 0 Å². The smallest absolute Gasteiger partial charge is 0.310 e. The number of alkyl halides is 1. The normalized spacial score (nSPS) is 31.6. The number of hydrogen-bond acceptors (Lipinski definition) is 6. The lowest BCUT2D eigenvalue weighted by molar-refractivity contribution is -0.153. The van der Waals surface area contributed by atoms with Crippen LogP contribution in [0, 0.1) is 11.8 Å². The van der Waals surface area contributed by atoms with Gasteiger partial charge in [0.15, 0.2) is 0 Å². The molecular formula is C25H39BrN2O5S. The molecule has 6 atom stereocenters. The van der Waals surface area contributed by atoms with Gasteiger partial charge >= 0.3 is 5.97 Å². The van der Waals surface area contributed by atoms with E-state index in [1.807, 2.05) is 4.90 Å². The van der Waals surface area contributed by atoms with E-state index in [1.54, 1.807) is 29.7 Å². The second-order valence-corrected chi connectivity index (χ2v) is 12.2. The third-order valence-electron chi connectivity index (χ3n) is 7.33. The molecule has 3 aliphatic heterocycles. The molecule has 3 rings (SSSR count). The maximum Gasteiger partial charge on any atom is 0.310 e. The number of rotatable bonds is 14. The number of fused-ring (bicyclic) bond motifs is 1. The zero-order valence-corrected chi connectivity index (χ0v) is 22.8. The van der Waals surface area contributed by atoms with Crippen LogP contribution in [0.4, 0.5) is 0 Å². The fraction of sp³-hybridized carbons (Fsp3) is 0.800. The molecule has 2 bridgehead atoms. The average Bonchev–Trinajstić information content (AvgIpc) is 3.40. The van der Waals surface area contributed by atoms with Gasteiger partial charge in [-0.15, -0.1) is 18.3 Å². The van der Waals surface area contributed by atoms with Gasteiger partial charge in [0.05, 0.1) is 23.2 Å². The quantitative estimate of drug-likeness (QED) is 0.152. The molecule has 192 valence electrons. The van der Waals surface area contributed by atoms with Crippen molar-refractivity contribution in [2.45, 2.75) is 79.7 Å². The Kier molecular flexibility index (Phi) is 9.93. The van der Waals surface area contributed by atoms with E-state index in [1.165, 1.54) is 0 Å². The highest BCUT2D eigenvalue weighted by Crippen LogP contribution is 2.68. The average molecular weight is 560 g/mol. The van der Waals surface area contributed by atoms with E-state index in [4.69, 9.17) is 9.84 Å². The largest absolute Gasteiger partial charge is 0.466 e. The molecule has 3 unspecified atom stereocenters. The molecule has 0 saturated carbocycles. The number of amides is 2. The van der Waals surface area contributed by atoms with Crippen LogP contribution in [0.5, 0.6) is 0 Å². The number of ether oxygens (including phenoxy) is 1. The number of unbranched alkanes of at least 4 members (excludes halogenated alkanes) is 4. The summed E-state index contributed by atoms with van der Waals surface area (Å²) in [5.74, 6) is -1.50. The fourth-order valence-corrected chi connectivity index (χ4v) is 9.47. The topological polar surface area (TPSA) is 87.2 Å². The van der Waals surface area contributed by atoms with E-state index >= 15 is 0 Å². The van der Waals surface area contributed by atoms with E-state index < -0.39 is 22.6 Å². The molecule has 3 aliphatic rings. The number of carbonyl (C=O) groups excluding carboxylic acids is 3. The zero-order chi connectivity index (χ0) is 24.9. The minimum Gasteiger partial charge on any atom is -0.466 e. The van der Waals surface area contributed by atoms with Gasteiger partial charge in [-0.1, -0.05) is 48.2 Å². The summed E-state index contributed by atoms with van der Waals surface area (Å²) in [6, 6.07) is -0.589. The van der Waals surface area contributed by atoms with Gasteiger partial charge in [0.1, 0.15) is 6.04 Å². The summed E-state index contributed by atoms with van der Waals surface area (Å²) in [4.78, 5) is 44.6. The van der Waals surface area contributed by atoms with E-state index in [9.17, 15) is 14.4 Å². The molecule has 2 amide bonds. The van der Waals surface area contributed by atoms with Crippen molar-refractivity contribution in [3.05, 3.63) is 12.7 Å². The number of aliphatic hydroxyl groups is 1. The predicted molar refractivity (Wildman–Crippen MR) is 138 cm³/mol. The van der Waals surface area contributed by atoms with Gasteiger partial charge in [-0.3, -0.25) is 14.4 Å². The zero-order valence-electron chi connectivity index (χ0n) is 20.4. The molecule has 3 saturated heterocycles. The predicted octanol–water partition coefficient (Wildman–Crippen LogP) is 3.38. The highest BCUT2D eigenvalue weighted by molar-refractivity contribution is 9.09. The minimum atomic E-state index is -0.624. The van der Waals surface area contributed by atoms with E-state index in [-0.39, 0.29) is 41.1 Å². The van der Waals surface area contributed by atoms with Crippen molar-refractivity contribution < 1.29 is 24.2 Å². The van der Waals surface area contributed by atoms with E-state index in [0.29, 0.717) is 26.1 Å². The van der Waals surface area contributed by atoms with Crippen molar-refractivity contribution in [1.82, 2.24) is 9.80 Å². The van der Waals surface area contributed by atoms with Crippen molar-refractivity contribution in [1.29, 1.82) is 0 Å². The fourth-order valence-electron chi connectivity index (χ4n) is 5.87. The van der Waals surface area contributed by atoms with Crippen molar-refractivity contribution in [2.75, 3.05) is 32.8 Å². The van der Waals surface area contributed by atoms with Crippen LogP contribution in [-0.4, -0.2) is 86.4 Å². The van der Waals surface area contributed by atoms with Gasteiger partial charge in [0.2, 0.25) is 11.8 Å². The molecule has 0 aromatic rings. The maximum absolute atomic E-state index is 14.1. The number of aliphatic hydroxyl groups excluding tert-OH is 1. The Morgan fingerprint density at radius 2 is 2.03 bits per heavy atom. The first-order valence-corrected chi connectivity index (χ1v) is 14.5. The molecule has 3 fully saturated rings.